The van der Waals surface area contributed by atoms with Gasteiger partial charge in [0.1, 0.15) is 11.6 Å². The van der Waals surface area contributed by atoms with Crippen LogP contribution in [0.5, 0.6) is 0 Å². The summed E-state index contributed by atoms with van der Waals surface area (Å²) in [6.45, 7) is 9.90. The summed E-state index contributed by atoms with van der Waals surface area (Å²) < 4.78 is 0. The summed E-state index contributed by atoms with van der Waals surface area (Å²) in [5, 5.41) is 3.37. The standard InChI is InChI=1S/C22H26N6/c1-16-12-17(2)14-19(13-16)25-22-24-18(3)15-21(26-22)28-10-8-27(9-11-28)20-6-4-5-7-23-20/h4-7,12-15H,8-11H2,1-3H3,(H,24,25,26). The van der Waals surface area contributed by atoms with Gasteiger partial charge in [0.15, 0.2) is 0 Å². The van der Waals surface area contributed by atoms with Crippen LogP contribution in [0.4, 0.5) is 23.3 Å². The molecule has 6 nitrogen and oxygen atoms in total. The summed E-state index contributed by atoms with van der Waals surface area (Å²) in [5.41, 5.74) is 4.43. The molecule has 1 aromatic carbocycles. The molecule has 3 heterocycles. The lowest BCUT2D eigenvalue weighted by atomic mass is 10.1. The number of nitrogens with one attached hydrogen (secondary N) is 1. The number of anilines is 4. The average Bonchev–Trinajstić information content (AvgIpc) is 2.67. The van der Waals surface area contributed by atoms with Gasteiger partial charge in [-0.15, -0.1) is 0 Å². The van der Waals surface area contributed by atoms with Crippen molar-refractivity contribution in [2.24, 2.45) is 0 Å². The number of aromatic nitrogens is 3. The lowest BCUT2D eigenvalue weighted by Crippen LogP contribution is -2.47. The minimum atomic E-state index is 0.646. The second-order valence-corrected chi connectivity index (χ2v) is 7.35. The molecule has 1 N–H and O–H groups in total. The lowest BCUT2D eigenvalue weighted by Gasteiger charge is -2.36. The number of piperazine rings is 1. The molecule has 1 fully saturated rings. The van der Waals surface area contributed by atoms with Gasteiger partial charge in [0, 0.05) is 49.8 Å². The number of nitrogens with zero attached hydrogens (tertiary/aromatic N) is 5. The maximum Gasteiger partial charge on any atom is 0.229 e. The minimum absolute atomic E-state index is 0.646. The van der Waals surface area contributed by atoms with Crippen LogP contribution in [0.3, 0.4) is 0 Å². The molecule has 0 bridgehead atoms. The van der Waals surface area contributed by atoms with E-state index < -0.39 is 0 Å². The maximum atomic E-state index is 4.78. The Morgan fingerprint density at radius 2 is 1.46 bits per heavy atom. The molecular formula is C22H26N6. The highest BCUT2D eigenvalue weighted by Gasteiger charge is 2.19. The van der Waals surface area contributed by atoms with E-state index in [4.69, 9.17) is 4.98 Å². The molecule has 1 aliphatic heterocycles. The molecule has 4 rings (SSSR count). The maximum absolute atomic E-state index is 4.78. The zero-order valence-corrected chi connectivity index (χ0v) is 16.7. The molecule has 0 spiro atoms. The van der Waals surface area contributed by atoms with Crippen LogP contribution in [0.25, 0.3) is 0 Å². The van der Waals surface area contributed by atoms with E-state index in [0.29, 0.717) is 5.95 Å². The summed E-state index contributed by atoms with van der Waals surface area (Å²) in [6, 6.07) is 14.5. The summed E-state index contributed by atoms with van der Waals surface area (Å²) in [7, 11) is 0. The molecule has 1 aliphatic rings. The zero-order chi connectivity index (χ0) is 19.5. The molecule has 28 heavy (non-hydrogen) atoms. The fourth-order valence-electron chi connectivity index (χ4n) is 3.65. The summed E-state index contributed by atoms with van der Waals surface area (Å²) in [6.07, 6.45) is 1.85. The molecule has 0 saturated carbocycles. The Labute approximate surface area is 166 Å². The Hall–Kier alpha value is -3.15. The van der Waals surface area contributed by atoms with Crippen LogP contribution in [-0.2, 0) is 0 Å². The van der Waals surface area contributed by atoms with E-state index in [1.54, 1.807) is 0 Å². The quantitative estimate of drug-likeness (QED) is 0.748. The van der Waals surface area contributed by atoms with Crippen LogP contribution in [0.1, 0.15) is 16.8 Å². The normalized spacial score (nSPS) is 14.2. The highest BCUT2D eigenvalue weighted by molar-refractivity contribution is 5.58. The van der Waals surface area contributed by atoms with Gasteiger partial charge in [-0.25, -0.2) is 9.97 Å². The van der Waals surface area contributed by atoms with Crippen molar-refractivity contribution in [3.05, 3.63) is 65.5 Å². The van der Waals surface area contributed by atoms with Crippen LogP contribution in [0, 0.1) is 20.8 Å². The highest BCUT2D eigenvalue weighted by Crippen LogP contribution is 2.22. The van der Waals surface area contributed by atoms with Crippen molar-refractivity contribution < 1.29 is 0 Å². The molecule has 0 atom stereocenters. The topological polar surface area (TPSA) is 57.2 Å². The van der Waals surface area contributed by atoms with E-state index >= 15 is 0 Å². The fourth-order valence-corrected chi connectivity index (χ4v) is 3.65. The van der Waals surface area contributed by atoms with Crippen LogP contribution >= 0.6 is 0 Å². The number of aryl methyl sites for hydroxylation is 3. The van der Waals surface area contributed by atoms with Gasteiger partial charge in [-0.2, -0.15) is 4.98 Å². The van der Waals surface area contributed by atoms with Gasteiger partial charge in [-0.3, -0.25) is 0 Å². The number of pyridine rings is 1. The van der Waals surface area contributed by atoms with Crippen molar-refractivity contribution in [1.29, 1.82) is 0 Å². The summed E-state index contributed by atoms with van der Waals surface area (Å²) >= 11 is 0. The van der Waals surface area contributed by atoms with Crippen molar-refractivity contribution in [1.82, 2.24) is 15.0 Å². The van der Waals surface area contributed by atoms with Crippen LogP contribution in [-0.4, -0.2) is 41.1 Å². The Morgan fingerprint density at radius 1 is 0.786 bits per heavy atom. The van der Waals surface area contributed by atoms with Crippen LogP contribution in [0.15, 0.2) is 48.7 Å². The summed E-state index contributed by atoms with van der Waals surface area (Å²) in [4.78, 5) is 18.5. The molecule has 0 radical (unpaired) electrons. The molecule has 0 amide bonds. The largest absolute Gasteiger partial charge is 0.353 e. The van der Waals surface area contributed by atoms with E-state index in [9.17, 15) is 0 Å². The fraction of sp³-hybridized carbons (Fsp3) is 0.318. The SMILES string of the molecule is Cc1cc(C)cc(Nc2nc(C)cc(N3CCN(c4ccccn4)CC3)n2)c1. The predicted octanol–water partition coefficient (Wildman–Crippen LogP) is 3.87. The summed E-state index contributed by atoms with van der Waals surface area (Å²) in [5.74, 6) is 2.66. The minimum Gasteiger partial charge on any atom is -0.353 e. The first-order valence-electron chi connectivity index (χ1n) is 9.69. The van der Waals surface area contributed by atoms with E-state index in [-0.39, 0.29) is 0 Å². The van der Waals surface area contributed by atoms with Crippen LogP contribution < -0.4 is 15.1 Å². The van der Waals surface area contributed by atoms with Crippen molar-refractivity contribution in [3.8, 4) is 0 Å². The Kier molecular flexibility index (Phi) is 5.10. The van der Waals surface area contributed by atoms with Crippen LogP contribution in [0.2, 0.25) is 0 Å². The zero-order valence-electron chi connectivity index (χ0n) is 16.7. The third kappa shape index (κ3) is 4.22. The van der Waals surface area contributed by atoms with Crippen molar-refractivity contribution in [2.45, 2.75) is 20.8 Å². The van der Waals surface area contributed by atoms with Crippen molar-refractivity contribution in [3.63, 3.8) is 0 Å². The van der Waals surface area contributed by atoms with E-state index in [2.05, 4.69) is 69.3 Å². The first kappa shape index (κ1) is 18.2. The predicted molar refractivity (Wildman–Crippen MR) is 115 cm³/mol. The van der Waals surface area contributed by atoms with Crippen molar-refractivity contribution >= 4 is 23.3 Å². The van der Waals surface area contributed by atoms with Gasteiger partial charge < -0.3 is 15.1 Å². The monoisotopic (exact) mass is 374 g/mol. The van der Waals surface area contributed by atoms with Gasteiger partial charge in [0.2, 0.25) is 5.95 Å². The smallest absolute Gasteiger partial charge is 0.229 e. The third-order valence-electron chi connectivity index (χ3n) is 4.90. The van der Waals surface area contributed by atoms with E-state index in [0.717, 1.165) is 49.2 Å². The molecular weight excluding hydrogens is 348 g/mol. The molecule has 0 unspecified atom stereocenters. The second-order valence-electron chi connectivity index (χ2n) is 7.35. The third-order valence-corrected chi connectivity index (χ3v) is 4.90. The molecule has 3 aromatic rings. The number of hydrogen-bond donors (Lipinski definition) is 1. The molecule has 1 saturated heterocycles. The second kappa shape index (κ2) is 7.84. The van der Waals surface area contributed by atoms with Gasteiger partial charge in [-0.05, 0) is 56.2 Å². The molecule has 0 aliphatic carbocycles. The van der Waals surface area contributed by atoms with Crippen molar-refractivity contribution in [2.75, 3.05) is 41.3 Å². The number of benzene rings is 1. The molecule has 6 heteroatoms. The van der Waals surface area contributed by atoms with E-state index in [1.807, 2.05) is 25.3 Å². The van der Waals surface area contributed by atoms with Gasteiger partial charge in [0.25, 0.3) is 0 Å². The first-order valence-corrected chi connectivity index (χ1v) is 9.69. The Balaban J connectivity index is 1.48. The van der Waals surface area contributed by atoms with E-state index in [1.165, 1.54) is 11.1 Å². The number of rotatable bonds is 4. The molecule has 2 aromatic heterocycles. The average molecular weight is 374 g/mol. The number of hydrogen-bond acceptors (Lipinski definition) is 6. The van der Waals surface area contributed by atoms with Gasteiger partial charge >= 0.3 is 0 Å². The Morgan fingerprint density at radius 3 is 2.11 bits per heavy atom. The Bertz CT molecular complexity index is 928. The van der Waals surface area contributed by atoms with Gasteiger partial charge in [0.05, 0.1) is 0 Å². The lowest BCUT2D eigenvalue weighted by molar-refractivity contribution is 0.641. The highest BCUT2D eigenvalue weighted by atomic mass is 15.3. The first-order chi connectivity index (χ1) is 13.6. The molecule has 144 valence electrons. The van der Waals surface area contributed by atoms with Gasteiger partial charge in [-0.1, -0.05) is 12.1 Å².